The van der Waals surface area contributed by atoms with Gasteiger partial charge in [-0.15, -0.1) is 0 Å². The number of para-hydroxylation sites is 1. The van der Waals surface area contributed by atoms with Crippen molar-refractivity contribution in [2.75, 3.05) is 52.5 Å². The number of carbonyl (C=O) groups is 2. The van der Waals surface area contributed by atoms with Crippen LogP contribution in [-0.2, 0) is 16.1 Å². The van der Waals surface area contributed by atoms with Gasteiger partial charge in [0, 0.05) is 52.6 Å². The average molecular weight is 510 g/mol. The van der Waals surface area contributed by atoms with E-state index in [2.05, 4.69) is 4.90 Å². The number of ether oxygens (including phenoxy) is 2. The Kier molecular flexibility index (Phi) is 9.41. The van der Waals surface area contributed by atoms with Crippen molar-refractivity contribution < 1.29 is 24.2 Å². The predicted molar refractivity (Wildman–Crippen MR) is 141 cm³/mol. The summed E-state index contributed by atoms with van der Waals surface area (Å²) < 4.78 is 11.8. The Morgan fingerprint density at radius 2 is 1.70 bits per heavy atom. The summed E-state index contributed by atoms with van der Waals surface area (Å²) >= 11 is 0. The summed E-state index contributed by atoms with van der Waals surface area (Å²) in [5, 5.41) is 11.5. The summed E-state index contributed by atoms with van der Waals surface area (Å²) in [5.41, 5.74) is -0.0783. The van der Waals surface area contributed by atoms with Crippen LogP contribution in [0.4, 0.5) is 0 Å². The number of piperidine rings is 1. The molecule has 8 heteroatoms. The Morgan fingerprint density at radius 1 is 0.946 bits per heavy atom. The molecule has 2 aliphatic heterocycles. The number of hydrogen-bond acceptors (Lipinski definition) is 6. The normalized spacial score (nSPS) is 21.0. The molecule has 37 heavy (non-hydrogen) atoms. The van der Waals surface area contributed by atoms with Crippen LogP contribution in [0, 0.1) is 0 Å². The molecule has 0 radical (unpaired) electrons. The number of carbonyl (C=O) groups excluding carboxylic acids is 2. The van der Waals surface area contributed by atoms with Gasteiger partial charge in [0.05, 0.1) is 13.2 Å². The molecule has 0 spiro atoms. The first-order valence-electron chi connectivity index (χ1n) is 13.3. The molecule has 0 aromatic heterocycles. The summed E-state index contributed by atoms with van der Waals surface area (Å²) in [6, 6.07) is 17.4. The van der Waals surface area contributed by atoms with Crippen LogP contribution < -0.4 is 9.47 Å². The fourth-order valence-corrected chi connectivity index (χ4v) is 4.96. The maximum Gasteiger partial charge on any atom is 0.222 e. The van der Waals surface area contributed by atoms with Gasteiger partial charge in [-0.2, -0.15) is 0 Å². The van der Waals surface area contributed by atoms with Crippen molar-refractivity contribution in [3.63, 3.8) is 0 Å². The van der Waals surface area contributed by atoms with Crippen molar-refractivity contribution in [2.24, 2.45) is 0 Å². The van der Waals surface area contributed by atoms with E-state index < -0.39 is 5.60 Å². The van der Waals surface area contributed by atoms with Crippen molar-refractivity contribution in [3.8, 4) is 11.5 Å². The third-order valence-corrected chi connectivity index (χ3v) is 6.98. The topological polar surface area (TPSA) is 82.6 Å². The van der Waals surface area contributed by atoms with Crippen molar-refractivity contribution >= 4 is 11.8 Å². The first kappa shape index (κ1) is 26.9. The minimum Gasteiger partial charge on any atom is -0.494 e. The number of amides is 2. The maximum absolute atomic E-state index is 12.2. The third-order valence-electron chi connectivity index (χ3n) is 6.98. The molecule has 2 aliphatic rings. The quantitative estimate of drug-likeness (QED) is 0.496. The molecule has 2 amide bonds. The van der Waals surface area contributed by atoms with E-state index in [9.17, 15) is 14.7 Å². The average Bonchev–Trinajstić information content (AvgIpc) is 3.07. The molecule has 2 saturated heterocycles. The van der Waals surface area contributed by atoms with Crippen LogP contribution in [0.3, 0.4) is 0 Å². The highest BCUT2D eigenvalue weighted by Crippen LogP contribution is 2.21. The number of hydrogen-bond donors (Lipinski definition) is 1. The van der Waals surface area contributed by atoms with Gasteiger partial charge in [-0.05, 0) is 49.1 Å². The number of aliphatic hydroxyl groups is 1. The molecule has 0 bridgehead atoms. The standard InChI is InChI=1S/C29H39N3O5/c1-24(33)32-18-17-30(21-29(35,22-32)23-37-26-8-3-2-4-9-26)20-25-11-13-27(14-12-25)36-19-7-16-31-15-6-5-10-28(31)34/h2-4,8-9,11-14,35H,5-7,10,15-23H2,1H3/t29-/m0/s1. The second-order valence-electron chi connectivity index (χ2n) is 10.2. The smallest absolute Gasteiger partial charge is 0.222 e. The van der Waals surface area contributed by atoms with E-state index in [1.165, 1.54) is 6.92 Å². The van der Waals surface area contributed by atoms with E-state index in [1.807, 2.05) is 59.5 Å². The van der Waals surface area contributed by atoms with Crippen LogP contribution in [0.15, 0.2) is 54.6 Å². The number of β-amino-alcohol motifs (C(OH)–C–C–N with tert-alkyl or cyclic N) is 1. The Balaban J connectivity index is 1.29. The fraction of sp³-hybridized carbons (Fsp3) is 0.517. The van der Waals surface area contributed by atoms with Gasteiger partial charge in [0.25, 0.3) is 0 Å². The van der Waals surface area contributed by atoms with Gasteiger partial charge in [-0.1, -0.05) is 30.3 Å². The van der Waals surface area contributed by atoms with Crippen LogP contribution in [0.5, 0.6) is 11.5 Å². The van der Waals surface area contributed by atoms with Gasteiger partial charge >= 0.3 is 0 Å². The minimum absolute atomic E-state index is 0.0499. The molecule has 2 heterocycles. The zero-order valence-electron chi connectivity index (χ0n) is 21.8. The predicted octanol–water partition coefficient (Wildman–Crippen LogP) is 2.94. The van der Waals surface area contributed by atoms with Gasteiger partial charge in [0.1, 0.15) is 23.7 Å². The van der Waals surface area contributed by atoms with E-state index in [4.69, 9.17) is 9.47 Å². The van der Waals surface area contributed by atoms with Crippen LogP contribution >= 0.6 is 0 Å². The number of benzene rings is 2. The molecule has 2 aromatic rings. The van der Waals surface area contributed by atoms with Gasteiger partial charge in [-0.3, -0.25) is 14.5 Å². The Hall–Kier alpha value is -3.10. The maximum atomic E-state index is 12.2. The zero-order valence-corrected chi connectivity index (χ0v) is 21.8. The van der Waals surface area contributed by atoms with Crippen molar-refractivity contribution in [1.82, 2.24) is 14.7 Å². The lowest BCUT2D eigenvalue weighted by atomic mass is 10.0. The lowest BCUT2D eigenvalue weighted by molar-refractivity contribution is -0.133. The molecular formula is C29H39N3O5. The SMILES string of the molecule is CC(=O)N1CCN(Cc2ccc(OCCCN3CCCCC3=O)cc2)C[C@@](O)(COc2ccccc2)C1. The first-order valence-corrected chi connectivity index (χ1v) is 13.3. The van der Waals surface area contributed by atoms with E-state index >= 15 is 0 Å². The molecule has 200 valence electrons. The molecule has 1 atom stereocenters. The van der Waals surface area contributed by atoms with Crippen LogP contribution in [-0.4, -0.2) is 89.7 Å². The molecule has 0 aliphatic carbocycles. The van der Waals surface area contributed by atoms with Crippen molar-refractivity contribution in [1.29, 1.82) is 0 Å². The lowest BCUT2D eigenvalue weighted by Gasteiger charge is -2.32. The molecule has 2 aromatic carbocycles. The Bertz CT molecular complexity index is 1020. The highest BCUT2D eigenvalue weighted by molar-refractivity contribution is 5.76. The van der Waals surface area contributed by atoms with Gasteiger partial charge < -0.3 is 24.4 Å². The van der Waals surface area contributed by atoms with Crippen molar-refractivity contribution in [3.05, 3.63) is 60.2 Å². The first-order chi connectivity index (χ1) is 17.9. The largest absolute Gasteiger partial charge is 0.494 e. The lowest BCUT2D eigenvalue weighted by Crippen LogP contribution is -2.51. The highest BCUT2D eigenvalue weighted by Gasteiger charge is 2.36. The molecular weight excluding hydrogens is 470 g/mol. The minimum atomic E-state index is -1.18. The van der Waals surface area contributed by atoms with Crippen LogP contribution in [0.1, 0.15) is 38.2 Å². The summed E-state index contributed by atoms with van der Waals surface area (Å²) in [6.45, 7) is 6.34. The number of likely N-dealkylation sites (tertiary alicyclic amines) is 1. The molecule has 1 N–H and O–H groups in total. The molecule has 4 rings (SSSR count). The Labute approximate surface area is 219 Å². The summed E-state index contributed by atoms with van der Waals surface area (Å²) in [6.07, 6.45) is 3.59. The molecule has 0 saturated carbocycles. The summed E-state index contributed by atoms with van der Waals surface area (Å²) in [4.78, 5) is 29.9. The van der Waals surface area contributed by atoms with Crippen LogP contribution in [0.2, 0.25) is 0 Å². The number of rotatable bonds is 10. The fourth-order valence-electron chi connectivity index (χ4n) is 4.96. The highest BCUT2D eigenvalue weighted by atomic mass is 16.5. The Morgan fingerprint density at radius 3 is 2.43 bits per heavy atom. The monoisotopic (exact) mass is 509 g/mol. The summed E-state index contributed by atoms with van der Waals surface area (Å²) in [5.74, 6) is 1.71. The van der Waals surface area contributed by atoms with Crippen LogP contribution in [0.25, 0.3) is 0 Å². The second-order valence-corrected chi connectivity index (χ2v) is 10.2. The van der Waals surface area contributed by atoms with E-state index in [1.54, 1.807) is 4.90 Å². The van der Waals surface area contributed by atoms with Gasteiger partial charge in [-0.25, -0.2) is 0 Å². The second kappa shape index (κ2) is 12.9. The molecule has 2 fully saturated rings. The van der Waals surface area contributed by atoms with E-state index in [-0.39, 0.29) is 25.0 Å². The number of nitrogens with zero attached hydrogens (tertiary/aromatic N) is 3. The van der Waals surface area contributed by atoms with E-state index in [0.29, 0.717) is 45.0 Å². The van der Waals surface area contributed by atoms with E-state index in [0.717, 1.165) is 43.7 Å². The molecule has 0 unspecified atom stereocenters. The zero-order chi connectivity index (χ0) is 26.1. The van der Waals surface area contributed by atoms with Gasteiger partial charge in [0.15, 0.2) is 0 Å². The third kappa shape index (κ3) is 8.20. The van der Waals surface area contributed by atoms with Gasteiger partial charge in [0.2, 0.25) is 11.8 Å². The van der Waals surface area contributed by atoms with Crippen molar-refractivity contribution in [2.45, 2.75) is 44.8 Å². The molecule has 8 nitrogen and oxygen atoms in total. The summed E-state index contributed by atoms with van der Waals surface area (Å²) in [7, 11) is 0.